The molecule has 3 heterocycles. The van der Waals surface area contributed by atoms with Crippen molar-refractivity contribution in [2.24, 2.45) is 0 Å². The number of pyridine rings is 1. The number of hydrogen-bond acceptors (Lipinski definition) is 5. The number of benzene rings is 1. The highest BCUT2D eigenvalue weighted by molar-refractivity contribution is 6.22. The van der Waals surface area contributed by atoms with E-state index in [1.54, 1.807) is 0 Å². The zero-order valence-corrected chi connectivity index (χ0v) is 18.2. The average molecular weight is 470 g/mol. The summed E-state index contributed by atoms with van der Waals surface area (Å²) in [5, 5.41) is 12.7. The van der Waals surface area contributed by atoms with Crippen LogP contribution in [0.15, 0.2) is 29.2 Å². The summed E-state index contributed by atoms with van der Waals surface area (Å²) in [5.41, 5.74) is -2.39. The van der Waals surface area contributed by atoms with E-state index >= 15 is 0 Å². The lowest BCUT2D eigenvalue weighted by Crippen LogP contribution is -2.56. The van der Waals surface area contributed by atoms with Crippen LogP contribution in [0, 0.1) is 11.6 Å². The predicted molar refractivity (Wildman–Crippen MR) is 111 cm³/mol. The first kappa shape index (κ1) is 23.7. The second-order valence-corrected chi connectivity index (χ2v) is 7.40. The fourth-order valence-electron chi connectivity index (χ4n) is 3.51. The third kappa shape index (κ3) is 4.33. The van der Waals surface area contributed by atoms with Gasteiger partial charge in [-0.05, 0) is 6.07 Å². The highest BCUT2D eigenvalue weighted by Gasteiger charge is 2.41. The Labute approximate surface area is 187 Å². The number of carbonyl (C=O) groups is 2. The van der Waals surface area contributed by atoms with Crippen molar-refractivity contribution in [3.8, 4) is 5.75 Å². The fraction of sp³-hybridized carbons (Fsp3) is 0.381. The molecule has 2 aliphatic heterocycles. The molecule has 2 N–H and O–H groups in total. The Kier molecular flexibility index (Phi) is 7.15. The maximum absolute atomic E-state index is 13.7. The van der Waals surface area contributed by atoms with Gasteiger partial charge in [0.2, 0.25) is 5.43 Å². The molecule has 11 heteroatoms. The number of alkyl halides is 1. The molecule has 2 aromatic rings. The van der Waals surface area contributed by atoms with Crippen LogP contribution in [0.2, 0.25) is 0 Å². The molecule has 0 spiro atoms. The second kappa shape index (κ2) is 9.66. The molecule has 2 atom stereocenters. The normalized spacial score (nSPS) is 19.4. The van der Waals surface area contributed by atoms with Crippen molar-refractivity contribution in [3.05, 3.63) is 63.1 Å². The number of aromatic hydroxyl groups is 1. The Bertz CT molecular complexity index is 1110. The molecule has 0 bridgehead atoms. The minimum Gasteiger partial charge on any atom is -0.503 e. The van der Waals surface area contributed by atoms with Crippen LogP contribution >= 0.6 is 11.6 Å². The molecule has 4 rings (SSSR count). The number of hydrogen-bond donors (Lipinski definition) is 2. The van der Waals surface area contributed by atoms with Gasteiger partial charge in [-0.25, -0.2) is 8.78 Å². The second-order valence-electron chi connectivity index (χ2n) is 6.90. The number of carbonyl (C=O) groups excluding carboxylic acids is 2. The van der Waals surface area contributed by atoms with Crippen molar-refractivity contribution in [1.29, 1.82) is 0 Å². The smallest absolute Gasteiger partial charge is 0.277 e. The van der Waals surface area contributed by atoms with Crippen molar-refractivity contribution in [2.45, 2.75) is 45.1 Å². The Morgan fingerprint density at radius 3 is 2.72 bits per heavy atom. The molecule has 2 unspecified atom stereocenters. The van der Waals surface area contributed by atoms with Gasteiger partial charge in [0.05, 0.1) is 13.2 Å². The summed E-state index contributed by atoms with van der Waals surface area (Å²) >= 11 is 6.19. The number of fused-ring (bicyclic) bond motifs is 2. The number of rotatable bonds is 3. The van der Waals surface area contributed by atoms with Gasteiger partial charge in [-0.1, -0.05) is 31.5 Å². The van der Waals surface area contributed by atoms with Crippen LogP contribution in [0.25, 0.3) is 0 Å². The van der Waals surface area contributed by atoms with Crippen molar-refractivity contribution >= 4 is 23.4 Å². The van der Waals surface area contributed by atoms with E-state index in [1.165, 1.54) is 15.5 Å². The van der Waals surface area contributed by atoms with Crippen LogP contribution in [-0.2, 0) is 17.8 Å². The summed E-state index contributed by atoms with van der Waals surface area (Å²) in [6.07, 6.45) is 0.840. The first-order chi connectivity index (χ1) is 15.3. The third-order valence-electron chi connectivity index (χ3n) is 5.02. The molecule has 1 aromatic heterocycles. The van der Waals surface area contributed by atoms with Gasteiger partial charge in [0.1, 0.15) is 22.7 Å². The highest BCUT2D eigenvalue weighted by Crippen LogP contribution is 2.30. The van der Waals surface area contributed by atoms with E-state index in [0.717, 1.165) is 12.3 Å². The largest absolute Gasteiger partial charge is 0.503 e. The Morgan fingerprint density at radius 2 is 2.03 bits per heavy atom. The summed E-state index contributed by atoms with van der Waals surface area (Å²) in [6, 6.07) is 2.88. The molecule has 8 nitrogen and oxygen atoms in total. The number of halogens is 3. The first-order valence-corrected chi connectivity index (χ1v) is 10.5. The van der Waals surface area contributed by atoms with Gasteiger partial charge in [0.25, 0.3) is 11.8 Å². The number of nitrogens with one attached hydrogen (secondary N) is 1. The molecule has 1 saturated heterocycles. The molecule has 1 aromatic carbocycles. The maximum atomic E-state index is 13.7. The molecule has 32 heavy (non-hydrogen) atoms. The molecular formula is C21H22ClF2N3O5. The van der Waals surface area contributed by atoms with Crippen LogP contribution < -0.4 is 10.7 Å². The van der Waals surface area contributed by atoms with Gasteiger partial charge in [0, 0.05) is 30.8 Å². The van der Waals surface area contributed by atoms with Crippen LogP contribution in [0.3, 0.4) is 0 Å². The molecule has 1 fully saturated rings. The Balaban J connectivity index is 0.00000141. The number of ether oxygens (including phenoxy) is 1. The minimum absolute atomic E-state index is 0.0154. The number of nitrogens with zero attached hydrogens (tertiary/aromatic N) is 2. The monoisotopic (exact) mass is 469 g/mol. The lowest BCUT2D eigenvalue weighted by atomic mass is 10.1. The van der Waals surface area contributed by atoms with Crippen molar-refractivity contribution < 1.29 is 28.2 Å². The Morgan fingerprint density at radius 1 is 1.31 bits per heavy atom. The van der Waals surface area contributed by atoms with E-state index in [0.29, 0.717) is 19.1 Å². The highest BCUT2D eigenvalue weighted by atomic mass is 35.5. The molecule has 0 radical (unpaired) electrons. The molecular weight excluding hydrogens is 448 g/mol. The standard InChI is InChI=1S/C19H16ClF2N3O5.C2H6/c20-13-3-4-30-14-8-24-7-11(16(26)17(27)15(24)19(29)25(13)14)18(28)23-6-9-1-2-10(21)5-12(9)22;1-2/h1-2,5,7,13-14,27H,3-4,6,8H2,(H,23,28);1-2H3. The zero-order chi connectivity index (χ0) is 23.6. The van der Waals surface area contributed by atoms with E-state index in [-0.39, 0.29) is 24.3 Å². The van der Waals surface area contributed by atoms with Gasteiger partial charge >= 0.3 is 0 Å². The summed E-state index contributed by atoms with van der Waals surface area (Å²) in [7, 11) is 0. The summed E-state index contributed by atoms with van der Waals surface area (Å²) < 4.78 is 33.5. The summed E-state index contributed by atoms with van der Waals surface area (Å²) in [5.74, 6) is -4.06. The average Bonchev–Trinajstić information content (AvgIpc) is 2.76. The SMILES string of the molecule is CC.O=C(NCc1ccc(F)cc1F)c1cn2c(c(O)c1=O)C(=O)N1C(Cl)CCOC1C2. The molecule has 2 aliphatic rings. The summed E-state index contributed by atoms with van der Waals surface area (Å²) in [6.45, 7) is 4.09. The van der Waals surface area contributed by atoms with Crippen molar-refractivity contribution in [3.63, 3.8) is 0 Å². The van der Waals surface area contributed by atoms with Crippen molar-refractivity contribution in [2.75, 3.05) is 6.61 Å². The lowest BCUT2D eigenvalue weighted by Gasteiger charge is -2.43. The van der Waals surface area contributed by atoms with Gasteiger partial charge < -0.3 is 19.7 Å². The van der Waals surface area contributed by atoms with E-state index in [1.807, 2.05) is 13.8 Å². The zero-order valence-electron chi connectivity index (χ0n) is 17.4. The predicted octanol–water partition coefficient (Wildman–Crippen LogP) is 2.56. The van der Waals surface area contributed by atoms with E-state index in [2.05, 4.69) is 5.32 Å². The van der Waals surface area contributed by atoms with Crippen LogP contribution in [0.4, 0.5) is 8.78 Å². The van der Waals surface area contributed by atoms with E-state index in [4.69, 9.17) is 16.3 Å². The van der Waals surface area contributed by atoms with Gasteiger partial charge in [0.15, 0.2) is 17.7 Å². The fourth-order valence-corrected chi connectivity index (χ4v) is 3.81. The van der Waals surface area contributed by atoms with Crippen LogP contribution in [0.1, 0.15) is 46.7 Å². The quantitative estimate of drug-likeness (QED) is 0.531. The topological polar surface area (TPSA) is 101 Å². The van der Waals surface area contributed by atoms with E-state index < -0.39 is 51.9 Å². The minimum atomic E-state index is -1.05. The first-order valence-electron chi connectivity index (χ1n) is 10.0. The van der Waals surface area contributed by atoms with Gasteiger partial charge in [-0.15, -0.1) is 0 Å². The van der Waals surface area contributed by atoms with Crippen LogP contribution in [-0.4, -0.2) is 44.7 Å². The molecule has 0 saturated carbocycles. The maximum Gasteiger partial charge on any atom is 0.277 e. The molecule has 2 amide bonds. The number of amides is 2. The molecule has 0 aliphatic carbocycles. The Hall–Kier alpha value is -2.98. The lowest BCUT2D eigenvalue weighted by molar-refractivity contribution is -0.100. The number of aromatic nitrogens is 1. The van der Waals surface area contributed by atoms with Gasteiger partial charge in [-0.2, -0.15) is 0 Å². The molecule has 172 valence electrons. The third-order valence-corrected chi connectivity index (χ3v) is 5.45. The van der Waals surface area contributed by atoms with Crippen LogP contribution in [0.5, 0.6) is 5.75 Å². The summed E-state index contributed by atoms with van der Waals surface area (Å²) in [4.78, 5) is 39.0. The van der Waals surface area contributed by atoms with E-state index in [9.17, 15) is 28.3 Å². The van der Waals surface area contributed by atoms with Gasteiger partial charge in [-0.3, -0.25) is 19.3 Å². The van der Waals surface area contributed by atoms with Crippen molar-refractivity contribution in [1.82, 2.24) is 14.8 Å².